The maximum atomic E-state index is 12.7. The molecule has 2 amide bonds. The number of esters is 1. The molecule has 0 spiro atoms. The summed E-state index contributed by atoms with van der Waals surface area (Å²) in [5.41, 5.74) is 2.19. The van der Waals surface area contributed by atoms with Crippen molar-refractivity contribution < 1.29 is 19.1 Å². The van der Waals surface area contributed by atoms with Crippen molar-refractivity contribution in [3.8, 4) is 5.75 Å². The highest BCUT2D eigenvalue weighted by Crippen LogP contribution is 2.36. The highest BCUT2D eigenvalue weighted by molar-refractivity contribution is 6.04. The van der Waals surface area contributed by atoms with E-state index in [9.17, 15) is 9.59 Å². The first-order valence-corrected chi connectivity index (χ1v) is 8.82. The lowest BCUT2D eigenvalue weighted by Gasteiger charge is -2.30. The molecule has 2 N–H and O–H groups in total. The Morgan fingerprint density at radius 2 is 1.78 bits per heavy atom. The van der Waals surface area contributed by atoms with E-state index >= 15 is 0 Å². The molecule has 1 heterocycles. The number of hydrogen-bond acceptors (Lipinski definition) is 4. The van der Waals surface area contributed by atoms with Gasteiger partial charge in [0.15, 0.2) is 0 Å². The zero-order valence-corrected chi connectivity index (χ0v) is 15.3. The highest BCUT2D eigenvalue weighted by atomic mass is 16.5. The summed E-state index contributed by atoms with van der Waals surface area (Å²) < 4.78 is 10.9. The minimum Gasteiger partial charge on any atom is -0.493 e. The van der Waals surface area contributed by atoms with Gasteiger partial charge in [-0.3, -0.25) is 0 Å². The zero-order chi connectivity index (χ0) is 19.2. The second-order valence-electron chi connectivity index (χ2n) is 6.06. The van der Waals surface area contributed by atoms with Crippen LogP contribution in [-0.2, 0) is 9.53 Å². The Bertz CT molecular complexity index is 861. The van der Waals surface area contributed by atoms with Gasteiger partial charge >= 0.3 is 12.0 Å². The number of carbonyl (C=O) groups excluding carboxylic acids is 2. The van der Waals surface area contributed by atoms with Gasteiger partial charge < -0.3 is 20.1 Å². The van der Waals surface area contributed by atoms with Gasteiger partial charge in [0.25, 0.3) is 0 Å². The summed E-state index contributed by atoms with van der Waals surface area (Å²) in [6, 6.07) is 15.5. The summed E-state index contributed by atoms with van der Waals surface area (Å²) in [6.07, 6.45) is 0.849. The molecule has 1 unspecified atom stereocenters. The van der Waals surface area contributed by atoms with Gasteiger partial charge in [-0.15, -0.1) is 0 Å². The van der Waals surface area contributed by atoms with Gasteiger partial charge in [-0.1, -0.05) is 55.5 Å². The van der Waals surface area contributed by atoms with E-state index in [4.69, 9.17) is 9.47 Å². The summed E-state index contributed by atoms with van der Waals surface area (Å²) in [5.74, 6) is 0.108. The Morgan fingerprint density at radius 3 is 2.48 bits per heavy atom. The van der Waals surface area contributed by atoms with Gasteiger partial charge in [-0.05, 0) is 18.1 Å². The monoisotopic (exact) mass is 366 g/mol. The number of nitrogens with one attached hydrogen (secondary N) is 2. The van der Waals surface area contributed by atoms with Crippen molar-refractivity contribution in [2.75, 3.05) is 13.7 Å². The van der Waals surface area contributed by atoms with Crippen molar-refractivity contribution in [2.45, 2.75) is 19.4 Å². The van der Waals surface area contributed by atoms with Crippen molar-refractivity contribution in [1.82, 2.24) is 10.6 Å². The fourth-order valence-electron chi connectivity index (χ4n) is 3.02. The molecule has 0 radical (unpaired) electrons. The van der Waals surface area contributed by atoms with Crippen LogP contribution in [0.25, 0.3) is 5.70 Å². The van der Waals surface area contributed by atoms with Gasteiger partial charge in [-0.2, -0.15) is 0 Å². The summed E-state index contributed by atoms with van der Waals surface area (Å²) >= 11 is 0. The van der Waals surface area contributed by atoms with Crippen molar-refractivity contribution in [3.63, 3.8) is 0 Å². The third kappa shape index (κ3) is 3.95. The van der Waals surface area contributed by atoms with E-state index in [1.807, 2.05) is 61.5 Å². The summed E-state index contributed by atoms with van der Waals surface area (Å²) in [6.45, 7) is 2.56. The Kier molecular flexibility index (Phi) is 5.76. The topological polar surface area (TPSA) is 76.7 Å². The van der Waals surface area contributed by atoms with Crippen molar-refractivity contribution in [2.24, 2.45) is 0 Å². The van der Waals surface area contributed by atoms with Crippen LogP contribution in [0.5, 0.6) is 5.75 Å². The molecular formula is C21H22N2O4. The first kappa shape index (κ1) is 18.5. The molecule has 0 aromatic heterocycles. The van der Waals surface area contributed by atoms with Crippen molar-refractivity contribution in [3.05, 3.63) is 71.3 Å². The molecule has 1 aliphatic rings. The van der Waals surface area contributed by atoms with Crippen LogP contribution in [0.3, 0.4) is 0 Å². The molecule has 2 aromatic rings. The highest BCUT2D eigenvalue weighted by Gasteiger charge is 2.35. The maximum Gasteiger partial charge on any atom is 0.338 e. The van der Waals surface area contributed by atoms with Crippen LogP contribution >= 0.6 is 0 Å². The molecule has 3 rings (SSSR count). The molecule has 27 heavy (non-hydrogen) atoms. The molecule has 2 aromatic carbocycles. The maximum absolute atomic E-state index is 12.7. The lowest BCUT2D eigenvalue weighted by atomic mass is 9.92. The van der Waals surface area contributed by atoms with Crippen LogP contribution in [0.4, 0.5) is 4.79 Å². The van der Waals surface area contributed by atoms with Crippen molar-refractivity contribution >= 4 is 17.7 Å². The quantitative estimate of drug-likeness (QED) is 0.768. The van der Waals surface area contributed by atoms with Crippen LogP contribution in [-0.4, -0.2) is 25.7 Å². The lowest BCUT2D eigenvalue weighted by molar-refractivity contribution is -0.136. The van der Waals surface area contributed by atoms with Gasteiger partial charge in [-0.25, -0.2) is 9.59 Å². The van der Waals surface area contributed by atoms with Gasteiger partial charge in [0.2, 0.25) is 0 Å². The second kappa shape index (κ2) is 8.40. The summed E-state index contributed by atoms with van der Waals surface area (Å²) in [4.78, 5) is 25.0. The SMILES string of the molecule is CCCOc1ccccc1C1NC(=O)NC(c2ccccc2)=C1C(=O)OC. The molecule has 0 aliphatic carbocycles. The number of hydrogen-bond donors (Lipinski definition) is 2. The van der Waals surface area contributed by atoms with E-state index in [2.05, 4.69) is 10.6 Å². The number of ether oxygens (including phenoxy) is 2. The minimum absolute atomic E-state index is 0.329. The average Bonchev–Trinajstić information content (AvgIpc) is 2.72. The zero-order valence-electron chi connectivity index (χ0n) is 15.3. The van der Waals surface area contributed by atoms with Gasteiger partial charge in [0.05, 0.1) is 31.0 Å². The number of urea groups is 1. The summed E-state index contributed by atoms with van der Waals surface area (Å²) in [7, 11) is 1.32. The number of amides is 2. The number of benzene rings is 2. The Morgan fingerprint density at radius 1 is 1.07 bits per heavy atom. The Balaban J connectivity index is 2.16. The van der Waals surface area contributed by atoms with E-state index in [1.165, 1.54) is 7.11 Å². The largest absolute Gasteiger partial charge is 0.493 e. The molecule has 1 atom stereocenters. The van der Waals surface area contributed by atoms with Gasteiger partial charge in [0, 0.05) is 5.56 Å². The number of rotatable bonds is 6. The molecule has 0 saturated carbocycles. The third-order valence-electron chi connectivity index (χ3n) is 4.23. The van der Waals surface area contributed by atoms with Gasteiger partial charge in [0.1, 0.15) is 5.75 Å². The molecule has 140 valence electrons. The van der Waals surface area contributed by atoms with Crippen molar-refractivity contribution in [1.29, 1.82) is 0 Å². The normalized spacial score (nSPS) is 16.4. The Labute approximate surface area is 158 Å². The summed E-state index contributed by atoms with van der Waals surface area (Å²) in [5, 5.41) is 5.57. The Hall–Kier alpha value is -3.28. The standard InChI is InChI=1S/C21H22N2O4/c1-3-13-27-16-12-8-7-11-15(16)19-17(20(24)26-2)18(22-21(25)23-19)14-9-5-4-6-10-14/h4-12,19H,3,13H2,1-2H3,(H2,22,23,25). The number of carbonyl (C=O) groups is 2. The lowest BCUT2D eigenvalue weighted by Crippen LogP contribution is -2.45. The number of para-hydroxylation sites is 1. The third-order valence-corrected chi connectivity index (χ3v) is 4.23. The number of methoxy groups -OCH3 is 1. The van der Waals surface area contributed by atoms with E-state index in [1.54, 1.807) is 0 Å². The van der Waals surface area contributed by atoms with E-state index in [0.717, 1.165) is 12.0 Å². The molecular weight excluding hydrogens is 344 g/mol. The van der Waals surface area contributed by atoms with Crippen LogP contribution in [0.2, 0.25) is 0 Å². The molecule has 0 bridgehead atoms. The smallest absolute Gasteiger partial charge is 0.338 e. The van der Waals surface area contributed by atoms with Crippen LogP contribution < -0.4 is 15.4 Å². The first-order valence-electron chi connectivity index (χ1n) is 8.82. The van der Waals surface area contributed by atoms with E-state index in [0.29, 0.717) is 29.2 Å². The fourth-order valence-corrected chi connectivity index (χ4v) is 3.02. The molecule has 1 aliphatic heterocycles. The first-order chi connectivity index (χ1) is 13.2. The van der Waals surface area contributed by atoms with Crippen LogP contribution in [0.15, 0.2) is 60.2 Å². The molecule has 6 heteroatoms. The van der Waals surface area contributed by atoms with Crippen LogP contribution in [0.1, 0.15) is 30.5 Å². The average molecular weight is 366 g/mol. The predicted molar refractivity (Wildman–Crippen MR) is 102 cm³/mol. The predicted octanol–water partition coefficient (Wildman–Crippen LogP) is 3.41. The minimum atomic E-state index is -0.686. The van der Waals surface area contributed by atoms with Crippen LogP contribution in [0, 0.1) is 0 Å². The molecule has 0 fully saturated rings. The fraction of sp³-hybridized carbons (Fsp3) is 0.238. The van der Waals surface area contributed by atoms with E-state index in [-0.39, 0.29) is 0 Å². The van der Waals surface area contributed by atoms with E-state index < -0.39 is 18.0 Å². The molecule has 0 saturated heterocycles. The second-order valence-corrected chi connectivity index (χ2v) is 6.06. The molecule has 6 nitrogen and oxygen atoms in total.